The van der Waals surface area contributed by atoms with E-state index in [1.54, 1.807) is 21.3 Å². The van der Waals surface area contributed by atoms with Crippen LogP contribution in [0.15, 0.2) is 30.0 Å². The molecule has 1 aromatic rings. The predicted molar refractivity (Wildman–Crippen MR) is 86.6 cm³/mol. The Balaban J connectivity index is 2.04. The van der Waals surface area contributed by atoms with E-state index in [1.165, 1.54) is 5.56 Å². The lowest BCUT2D eigenvalue weighted by atomic mass is 9.68. The van der Waals surface area contributed by atoms with Crippen molar-refractivity contribution in [3.63, 3.8) is 0 Å². The van der Waals surface area contributed by atoms with E-state index >= 15 is 0 Å². The Labute approximate surface area is 132 Å². The number of likely N-dealkylation sites (N-methyl/N-ethyl adjacent to an activating group) is 1. The minimum absolute atomic E-state index is 0.149. The van der Waals surface area contributed by atoms with Crippen LogP contribution in [0.1, 0.15) is 24.8 Å². The van der Waals surface area contributed by atoms with Crippen LogP contribution < -0.4 is 9.47 Å². The number of methoxy groups -OCH3 is 3. The van der Waals surface area contributed by atoms with Gasteiger partial charge in [-0.3, -0.25) is 4.90 Å². The molecule has 4 heteroatoms. The number of rotatable bonds is 4. The molecule has 1 aliphatic carbocycles. The molecule has 0 amide bonds. The van der Waals surface area contributed by atoms with Crippen LogP contribution in [-0.4, -0.2) is 45.9 Å². The monoisotopic (exact) mass is 303 g/mol. The summed E-state index contributed by atoms with van der Waals surface area (Å²) in [4.78, 5) is 2.43. The van der Waals surface area contributed by atoms with Crippen molar-refractivity contribution in [1.82, 2.24) is 4.90 Å². The van der Waals surface area contributed by atoms with Crippen molar-refractivity contribution >= 4 is 0 Å². The molecule has 1 saturated heterocycles. The summed E-state index contributed by atoms with van der Waals surface area (Å²) in [5.74, 6) is 2.70. The van der Waals surface area contributed by atoms with Crippen LogP contribution in [0, 0.1) is 0 Å². The van der Waals surface area contributed by atoms with E-state index in [-0.39, 0.29) is 5.41 Å². The summed E-state index contributed by atoms with van der Waals surface area (Å²) < 4.78 is 16.4. The number of likely N-dealkylation sites (tertiary alicyclic amines) is 1. The molecule has 0 spiro atoms. The minimum atomic E-state index is 0.149. The molecule has 1 aromatic carbocycles. The second-order valence-electron chi connectivity index (χ2n) is 6.24. The summed E-state index contributed by atoms with van der Waals surface area (Å²) in [6.45, 7) is 1.10. The van der Waals surface area contributed by atoms with E-state index in [2.05, 4.69) is 30.2 Å². The first-order chi connectivity index (χ1) is 10.6. The third kappa shape index (κ3) is 2.26. The lowest BCUT2D eigenvalue weighted by Crippen LogP contribution is -2.42. The second-order valence-corrected chi connectivity index (χ2v) is 6.24. The molecular formula is C18H25NO3. The van der Waals surface area contributed by atoms with Gasteiger partial charge >= 0.3 is 0 Å². The molecule has 0 radical (unpaired) electrons. The van der Waals surface area contributed by atoms with Gasteiger partial charge in [0.15, 0.2) is 11.5 Å². The summed E-state index contributed by atoms with van der Waals surface area (Å²) in [5.41, 5.74) is 1.49. The lowest BCUT2D eigenvalue weighted by Gasteiger charge is -2.40. The van der Waals surface area contributed by atoms with Crippen LogP contribution in [0.2, 0.25) is 0 Å². The summed E-state index contributed by atoms with van der Waals surface area (Å²) in [6.07, 6.45) is 5.57. The fraction of sp³-hybridized carbons (Fsp3) is 0.556. The van der Waals surface area contributed by atoms with Gasteiger partial charge < -0.3 is 14.2 Å². The number of benzene rings is 1. The number of ether oxygens (including phenoxy) is 3. The van der Waals surface area contributed by atoms with E-state index < -0.39 is 0 Å². The van der Waals surface area contributed by atoms with Crippen molar-refractivity contribution in [3.8, 4) is 11.5 Å². The number of hydrogen-bond donors (Lipinski definition) is 0. The summed E-state index contributed by atoms with van der Waals surface area (Å²) >= 11 is 0. The summed E-state index contributed by atoms with van der Waals surface area (Å²) in [5, 5.41) is 0. The van der Waals surface area contributed by atoms with Crippen LogP contribution in [0.3, 0.4) is 0 Å². The van der Waals surface area contributed by atoms with Gasteiger partial charge in [0.05, 0.1) is 27.1 Å². The lowest BCUT2D eigenvalue weighted by molar-refractivity contribution is 0.207. The van der Waals surface area contributed by atoms with Crippen molar-refractivity contribution < 1.29 is 14.2 Å². The first kappa shape index (κ1) is 15.2. The van der Waals surface area contributed by atoms with E-state index in [4.69, 9.17) is 14.2 Å². The van der Waals surface area contributed by atoms with Crippen molar-refractivity contribution in [1.29, 1.82) is 0 Å². The molecule has 0 N–H and O–H groups in total. The van der Waals surface area contributed by atoms with Gasteiger partial charge in [0.1, 0.15) is 0 Å². The van der Waals surface area contributed by atoms with Gasteiger partial charge in [0.25, 0.3) is 0 Å². The molecule has 0 aromatic heterocycles. The SMILES string of the molecule is COC1=C[C@@H]2N(C)CC[C@]2(c2ccc(OC)c(OC)c2)CC1. The van der Waals surface area contributed by atoms with Crippen LogP contribution in [0.5, 0.6) is 11.5 Å². The highest BCUT2D eigenvalue weighted by atomic mass is 16.5. The first-order valence-electron chi connectivity index (χ1n) is 7.82. The molecule has 3 rings (SSSR count). The largest absolute Gasteiger partial charge is 0.501 e. The van der Waals surface area contributed by atoms with E-state index in [0.29, 0.717) is 6.04 Å². The fourth-order valence-corrected chi connectivity index (χ4v) is 4.03. The zero-order chi connectivity index (χ0) is 15.7. The number of allylic oxidation sites excluding steroid dienone is 1. The molecule has 0 unspecified atom stereocenters. The molecule has 120 valence electrons. The number of nitrogens with zero attached hydrogens (tertiary/aromatic N) is 1. The minimum Gasteiger partial charge on any atom is -0.501 e. The molecule has 1 heterocycles. The van der Waals surface area contributed by atoms with Gasteiger partial charge in [-0.25, -0.2) is 0 Å². The smallest absolute Gasteiger partial charge is 0.161 e. The van der Waals surface area contributed by atoms with E-state index in [9.17, 15) is 0 Å². The quantitative estimate of drug-likeness (QED) is 0.855. The van der Waals surface area contributed by atoms with Gasteiger partial charge in [-0.05, 0) is 50.2 Å². The molecule has 2 aliphatic rings. The van der Waals surface area contributed by atoms with Gasteiger partial charge in [0, 0.05) is 17.9 Å². The Kier molecular flexibility index (Phi) is 4.04. The maximum Gasteiger partial charge on any atom is 0.161 e. The van der Waals surface area contributed by atoms with E-state index in [1.807, 2.05) is 6.07 Å². The first-order valence-corrected chi connectivity index (χ1v) is 7.82. The van der Waals surface area contributed by atoms with Crippen molar-refractivity contribution in [2.24, 2.45) is 0 Å². The maximum absolute atomic E-state index is 5.50. The van der Waals surface area contributed by atoms with Gasteiger partial charge in [-0.15, -0.1) is 0 Å². The Morgan fingerprint density at radius 2 is 1.82 bits per heavy atom. The van der Waals surface area contributed by atoms with Gasteiger partial charge in [-0.1, -0.05) is 6.07 Å². The van der Waals surface area contributed by atoms with E-state index in [0.717, 1.165) is 43.1 Å². The Hall–Kier alpha value is -1.68. The molecule has 22 heavy (non-hydrogen) atoms. The highest BCUT2D eigenvalue weighted by Crippen LogP contribution is 2.49. The predicted octanol–water partition coefficient (Wildman–Crippen LogP) is 2.97. The third-order valence-electron chi connectivity index (χ3n) is 5.33. The summed E-state index contributed by atoms with van der Waals surface area (Å²) in [7, 11) is 7.34. The van der Waals surface area contributed by atoms with Crippen LogP contribution >= 0.6 is 0 Å². The van der Waals surface area contributed by atoms with Gasteiger partial charge in [0.2, 0.25) is 0 Å². The van der Waals surface area contributed by atoms with Crippen molar-refractivity contribution in [2.45, 2.75) is 30.7 Å². The highest BCUT2D eigenvalue weighted by Gasteiger charge is 2.48. The zero-order valence-electron chi connectivity index (χ0n) is 13.9. The van der Waals surface area contributed by atoms with Crippen molar-refractivity contribution in [2.75, 3.05) is 34.9 Å². The molecule has 2 atom stereocenters. The molecule has 0 saturated carbocycles. The summed E-state index contributed by atoms with van der Waals surface area (Å²) in [6, 6.07) is 6.75. The van der Waals surface area contributed by atoms with Crippen LogP contribution in [0.25, 0.3) is 0 Å². The fourth-order valence-electron chi connectivity index (χ4n) is 4.03. The van der Waals surface area contributed by atoms with Crippen LogP contribution in [0.4, 0.5) is 0 Å². The molecular weight excluding hydrogens is 278 g/mol. The molecule has 4 nitrogen and oxygen atoms in total. The Morgan fingerprint density at radius 1 is 1.05 bits per heavy atom. The second kappa shape index (κ2) is 5.84. The maximum atomic E-state index is 5.50. The number of hydrogen-bond acceptors (Lipinski definition) is 4. The number of fused-ring (bicyclic) bond motifs is 1. The molecule has 0 bridgehead atoms. The normalized spacial score (nSPS) is 28.0. The molecule has 1 aliphatic heterocycles. The average Bonchev–Trinajstić information content (AvgIpc) is 2.91. The topological polar surface area (TPSA) is 30.9 Å². The molecule has 1 fully saturated rings. The third-order valence-corrected chi connectivity index (χ3v) is 5.33. The van der Waals surface area contributed by atoms with Gasteiger partial charge in [-0.2, -0.15) is 0 Å². The van der Waals surface area contributed by atoms with Crippen LogP contribution in [-0.2, 0) is 10.2 Å². The average molecular weight is 303 g/mol. The standard InChI is InChI=1S/C18H25NO3/c1-19-10-9-18(8-7-14(20-2)12-17(18)19)13-5-6-15(21-3)16(11-13)22-4/h5-6,11-12,17H,7-10H2,1-4H3/t17-,18-/m0/s1. The Morgan fingerprint density at radius 3 is 2.50 bits per heavy atom. The Bertz CT molecular complexity index is 584. The zero-order valence-corrected chi connectivity index (χ0v) is 13.9. The highest BCUT2D eigenvalue weighted by molar-refractivity contribution is 5.47. The van der Waals surface area contributed by atoms with Crippen molar-refractivity contribution in [3.05, 3.63) is 35.6 Å².